The van der Waals surface area contributed by atoms with Gasteiger partial charge in [-0.2, -0.15) is 0 Å². The van der Waals surface area contributed by atoms with Crippen molar-refractivity contribution in [2.45, 2.75) is 4.90 Å². The van der Waals surface area contributed by atoms with Crippen LogP contribution in [-0.2, 0) is 14.3 Å². The van der Waals surface area contributed by atoms with Gasteiger partial charge in [0.2, 0.25) is 0 Å². The van der Waals surface area contributed by atoms with Crippen LogP contribution in [0, 0.1) is 0 Å². The van der Waals surface area contributed by atoms with Crippen molar-refractivity contribution >= 4 is 35.4 Å². The number of nitrogens with one attached hydrogen (secondary N) is 1. The monoisotopic (exact) mass is 387 g/mol. The molecule has 0 atom stereocenters. The van der Waals surface area contributed by atoms with E-state index in [4.69, 9.17) is 14.2 Å². The molecule has 0 heterocycles. The molecule has 2 aromatic carbocycles. The fourth-order valence-electron chi connectivity index (χ4n) is 2.21. The molecule has 0 aliphatic rings. The first-order valence-electron chi connectivity index (χ1n) is 8.06. The fourth-order valence-corrected chi connectivity index (χ4v) is 2.76. The average molecular weight is 387 g/mol. The van der Waals surface area contributed by atoms with Crippen molar-refractivity contribution in [3.8, 4) is 11.5 Å². The maximum Gasteiger partial charge on any atom is 0.331 e. The quantitative estimate of drug-likeness (QED) is 0.424. The van der Waals surface area contributed by atoms with Gasteiger partial charge >= 0.3 is 5.97 Å². The van der Waals surface area contributed by atoms with Crippen LogP contribution >= 0.6 is 11.8 Å². The van der Waals surface area contributed by atoms with Gasteiger partial charge in [0, 0.05) is 17.0 Å². The van der Waals surface area contributed by atoms with Crippen LogP contribution in [0.5, 0.6) is 11.5 Å². The number of methoxy groups -OCH3 is 2. The van der Waals surface area contributed by atoms with Crippen LogP contribution in [0.3, 0.4) is 0 Å². The van der Waals surface area contributed by atoms with Crippen LogP contribution in [0.1, 0.15) is 5.56 Å². The van der Waals surface area contributed by atoms with Gasteiger partial charge in [0.25, 0.3) is 5.91 Å². The van der Waals surface area contributed by atoms with E-state index in [9.17, 15) is 9.59 Å². The number of thioether (sulfide) groups is 1. The van der Waals surface area contributed by atoms with E-state index in [1.807, 2.05) is 24.5 Å². The van der Waals surface area contributed by atoms with E-state index in [1.54, 1.807) is 44.6 Å². The lowest BCUT2D eigenvalue weighted by Crippen LogP contribution is -2.20. The summed E-state index contributed by atoms with van der Waals surface area (Å²) in [5, 5.41) is 2.73. The first-order chi connectivity index (χ1) is 13.0. The van der Waals surface area contributed by atoms with Gasteiger partial charge in [-0.15, -0.1) is 11.8 Å². The molecule has 0 spiro atoms. The lowest BCUT2D eigenvalue weighted by Gasteiger charge is -2.09. The first-order valence-corrected chi connectivity index (χ1v) is 9.29. The molecule has 1 N–H and O–H groups in total. The van der Waals surface area contributed by atoms with E-state index < -0.39 is 11.9 Å². The number of esters is 1. The summed E-state index contributed by atoms with van der Waals surface area (Å²) in [4.78, 5) is 24.8. The number of ether oxygens (including phenoxy) is 3. The fraction of sp³-hybridized carbons (Fsp3) is 0.200. The van der Waals surface area contributed by atoms with Crippen molar-refractivity contribution in [3.63, 3.8) is 0 Å². The van der Waals surface area contributed by atoms with Gasteiger partial charge in [-0.05, 0) is 42.2 Å². The highest BCUT2D eigenvalue weighted by Gasteiger charge is 2.08. The SMILES string of the molecule is COc1cc(/C=C/C(=O)OCC(=O)Nc2ccccc2SC)cc(OC)c1. The van der Waals surface area contributed by atoms with E-state index in [0.717, 1.165) is 4.90 Å². The maximum atomic E-state index is 12.0. The summed E-state index contributed by atoms with van der Waals surface area (Å²) in [6.45, 7) is -0.368. The van der Waals surface area contributed by atoms with Crippen molar-refractivity contribution in [2.75, 3.05) is 32.4 Å². The maximum absolute atomic E-state index is 12.0. The Morgan fingerprint density at radius 3 is 2.37 bits per heavy atom. The number of hydrogen-bond donors (Lipinski definition) is 1. The molecule has 0 radical (unpaired) electrons. The summed E-state index contributed by atoms with van der Waals surface area (Å²) < 4.78 is 15.3. The third-order valence-electron chi connectivity index (χ3n) is 3.51. The van der Waals surface area contributed by atoms with Crippen molar-refractivity contribution < 1.29 is 23.8 Å². The molecule has 0 saturated heterocycles. The molecule has 2 aromatic rings. The van der Waals surface area contributed by atoms with Crippen molar-refractivity contribution in [2.24, 2.45) is 0 Å². The molecule has 0 aromatic heterocycles. The van der Waals surface area contributed by atoms with E-state index in [-0.39, 0.29) is 6.61 Å². The summed E-state index contributed by atoms with van der Waals surface area (Å²) in [5.41, 5.74) is 1.39. The molecule has 142 valence electrons. The zero-order chi connectivity index (χ0) is 19.6. The van der Waals surface area contributed by atoms with Gasteiger partial charge in [0.1, 0.15) is 11.5 Å². The Labute approximate surface area is 162 Å². The second-order valence-corrected chi connectivity index (χ2v) is 6.18. The predicted octanol–water partition coefficient (Wildman–Crippen LogP) is 3.62. The topological polar surface area (TPSA) is 73.9 Å². The third kappa shape index (κ3) is 6.38. The van der Waals surface area contributed by atoms with Crippen LogP contribution in [0.15, 0.2) is 53.4 Å². The molecule has 0 saturated carbocycles. The summed E-state index contributed by atoms with van der Waals surface area (Å²) in [6.07, 6.45) is 4.73. The highest BCUT2D eigenvalue weighted by atomic mass is 32.2. The Bertz CT molecular complexity index is 813. The van der Waals surface area contributed by atoms with Gasteiger partial charge in [0.05, 0.1) is 19.9 Å². The summed E-state index contributed by atoms with van der Waals surface area (Å²) in [6, 6.07) is 12.6. The number of benzene rings is 2. The number of amides is 1. The molecule has 7 heteroatoms. The normalized spacial score (nSPS) is 10.5. The number of hydrogen-bond acceptors (Lipinski definition) is 6. The number of para-hydroxylation sites is 1. The third-order valence-corrected chi connectivity index (χ3v) is 4.31. The van der Waals surface area contributed by atoms with Crippen molar-refractivity contribution in [3.05, 3.63) is 54.1 Å². The summed E-state index contributed by atoms with van der Waals surface area (Å²) in [5.74, 6) is 0.190. The van der Waals surface area contributed by atoms with E-state index in [2.05, 4.69) is 5.32 Å². The molecule has 0 aliphatic carbocycles. The van der Waals surface area contributed by atoms with Gasteiger partial charge in [-0.1, -0.05) is 12.1 Å². The van der Waals surface area contributed by atoms with Crippen LogP contribution in [0.2, 0.25) is 0 Å². The number of carbonyl (C=O) groups is 2. The van der Waals surface area contributed by atoms with E-state index >= 15 is 0 Å². The largest absolute Gasteiger partial charge is 0.497 e. The number of carbonyl (C=O) groups excluding carboxylic acids is 2. The van der Waals surface area contributed by atoms with Crippen LogP contribution in [0.25, 0.3) is 6.08 Å². The van der Waals surface area contributed by atoms with Gasteiger partial charge in [0.15, 0.2) is 6.61 Å². The van der Waals surface area contributed by atoms with E-state index in [0.29, 0.717) is 22.7 Å². The van der Waals surface area contributed by atoms with Crippen LogP contribution in [-0.4, -0.2) is 39.0 Å². The molecular weight excluding hydrogens is 366 g/mol. The molecule has 2 rings (SSSR count). The molecule has 6 nitrogen and oxygen atoms in total. The Morgan fingerprint density at radius 1 is 1.07 bits per heavy atom. The molecule has 0 fully saturated rings. The number of rotatable bonds is 8. The minimum Gasteiger partial charge on any atom is -0.497 e. The number of anilines is 1. The van der Waals surface area contributed by atoms with Crippen molar-refractivity contribution in [1.82, 2.24) is 0 Å². The summed E-state index contributed by atoms with van der Waals surface area (Å²) >= 11 is 1.52. The zero-order valence-electron chi connectivity index (χ0n) is 15.4. The molecule has 1 amide bonds. The predicted molar refractivity (Wildman–Crippen MR) is 106 cm³/mol. The minimum absolute atomic E-state index is 0.368. The molecule has 0 aliphatic heterocycles. The standard InChI is InChI=1S/C20H21NO5S/c1-24-15-10-14(11-16(12-15)25-2)8-9-20(23)26-13-19(22)21-17-6-4-5-7-18(17)27-3/h4-12H,13H2,1-3H3,(H,21,22)/b9-8+. The Kier molecular flexibility index (Phi) is 7.76. The van der Waals surface area contributed by atoms with Gasteiger partial charge < -0.3 is 19.5 Å². The smallest absolute Gasteiger partial charge is 0.331 e. The molecule has 0 unspecified atom stereocenters. The zero-order valence-corrected chi connectivity index (χ0v) is 16.2. The Balaban J connectivity index is 1.90. The first kappa shape index (κ1) is 20.4. The highest BCUT2D eigenvalue weighted by Crippen LogP contribution is 2.24. The second kappa shape index (κ2) is 10.3. The highest BCUT2D eigenvalue weighted by molar-refractivity contribution is 7.98. The minimum atomic E-state index is -0.620. The van der Waals surface area contributed by atoms with Crippen LogP contribution < -0.4 is 14.8 Å². The van der Waals surface area contributed by atoms with Crippen LogP contribution in [0.4, 0.5) is 5.69 Å². The van der Waals surface area contributed by atoms with Gasteiger partial charge in [-0.3, -0.25) is 4.79 Å². The van der Waals surface area contributed by atoms with Gasteiger partial charge in [-0.25, -0.2) is 4.79 Å². The molecule has 27 heavy (non-hydrogen) atoms. The Hall–Kier alpha value is -2.93. The van der Waals surface area contributed by atoms with E-state index in [1.165, 1.54) is 17.8 Å². The van der Waals surface area contributed by atoms with Crippen molar-refractivity contribution in [1.29, 1.82) is 0 Å². The Morgan fingerprint density at radius 2 is 1.74 bits per heavy atom. The molecular formula is C20H21NO5S. The summed E-state index contributed by atoms with van der Waals surface area (Å²) in [7, 11) is 3.09. The lowest BCUT2D eigenvalue weighted by atomic mass is 10.2. The molecule has 0 bridgehead atoms. The average Bonchev–Trinajstić information content (AvgIpc) is 2.70. The lowest BCUT2D eigenvalue weighted by molar-refractivity contribution is -0.142. The second-order valence-electron chi connectivity index (χ2n) is 5.34.